The first-order valence-electron chi connectivity index (χ1n) is 11.0. The smallest absolute Gasteiger partial charge is 0.229 e. The number of benzene rings is 2. The van der Waals surface area contributed by atoms with Gasteiger partial charge in [-0.15, -0.1) is 0 Å². The molecule has 1 aliphatic rings. The van der Waals surface area contributed by atoms with Crippen molar-refractivity contribution in [3.05, 3.63) is 66.3 Å². The lowest BCUT2D eigenvalue weighted by Crippen LogP contribution is -2.37. The zero-order valence-corrected chi connectivity index (χ0v) is 19.1. The van der Waals surface area contributed by atoms with Crippen LogP contribution in [0.15, 0.2) is 59.1 Å². The number of hydrogen-bond donors (Lipinski definition) is 1. The van der Waals surface area contributed by atoms with Crippen LogP contribution in [0.3, 0.4) is 0 Å². The predicted molar refractivity (Wildman–Crippen MR) is 123 cm³/mol. The Morgan fingerprint density at radius 2 is 1.82 bits per heavy atom. The summed E-state index contributed by atoms with van der Waals surface area (Å²) in [6.45, 7) is 6.43. The molecule has 1 unspecified atom stereocenters. The summed E-state index contributed by atoms with van der Waals surface area (Å²) in [5.41, 5.74) is 0.571. The van der Waals surface area contributed by atoms with Crippen LogP contribution >= 0.6 is 0 Å². The van der Waals surface area contributed by atoms with Crippen LogP contribution in [0, 0.1) is 0 Å². The van der Waals surface area contributed by atoms with Crippen LogP contribution < -0.4 is 15.0 Å². The van der Waals surface area contributed by atoms with Gasteiger partial charge in [0.25, 0.3) is 0 Å². The van der Waals surface area contributed by atoms with Crippen molar-refractivity contribution >= 4 is 17.5 Å². The summed E-state index contributed by atoms with van der Waals surface area (Å²) in [5, 5.41) is 6.92. The van der Waals surface area contributed by atoms with Crippen LogP contribution in [0.25, 0.3) is 0 Å². The molecule has 3 aromatic rings. The standard InChI is InChI=1S/C25H28N4O4/c1-25(2,3)24-27-22(33-28-24)14-13-21(30)26-17-15-23(31)29(16-17)18-9-11-20(12-10-18)32-19-7-5-4-6-8-19/h4-12,17H,13-16H2,1-3H3,(H,26,30). The Balaban J connectivity index is 1.28. The van der Waals surface area contributed by atoms with Gasteiger partial charge in [-0.05, 0) is 36.4 Å². The molecular formula is C25H28N4O4. The maximum atomic E-state index is 12.5. The van der Waals surface area contributed by atoms with E-state index >= 15 is 0 Å². The number of rotatable bonds is 7. The lowest BCUT2D eigenvalue weighted by molar-refractivity contribution is -0.121. The summed E-state index contributed by atoms with van der Waals surface area (Å²) >= 11 is 0. The molecule has 1 aliphatic heterocycles. The molecule has 0 spiro atoms. The van der Waals surface area contributed by atoms with E-state index in [0.29, 0.717) is 30.4 Å². The number of aryl methyl sites for hydroxylation is 1. The Morgan fingerprint density at radius 3 is 2.48 bits per heavy atom. The van der Waals surface area contributed by atoms with Gasteiger partial charge in [0.05, 0.1) is 6.04 Å². The lowest BCUT2D eigenvalue weighted by atomic mass is 9.96. The second-order valence-corrected chi connectivity index (χ2v) is 9.14. The Labute approximate surface area is 192 Å². The zero-order chi connectivity index (χ0) is 23.4. The molecule has 0 bridgehead atoms. The van der Waals surface area contributed by atoms with E-state index in [-0.39, 0.29) is 36.1 Å². The highest BCUT2D eigenvalue weighted by Gasteiger charge is 2.31. The van der Waals surface area contributed by atoms with Crippen molar-refractivity contribution in [1.82, 2.24) is 15.5 Å². The fourth-order valence-electron chi connectivity index (χ4n) is 3.55. The number of amides is 2. The van der Waals surface area contributed by atoms with E-state index in [1.165, 1.54) is 0 Å². The lowest BCUT2D eigenvalue weighted by Gasteiger charge is -2.17. The number of carbonyl (C=O) groups is 2. The highest BCUT2D eigenvalue weighted by molar-refractivity contribution is 5.96. The minimum Gasteiger partial charge on any atom is -0.457 e. The van der Waals surface area contributed by atoms with Crippen LogP contribution in [-0.2, 0) is 21.4 Å². The molecule has 8 heteroatoms. The van der Waals surface area contributed by atoms with Gasteiger partial charge in [-0.2, -0.15) is 4.98 Å². The highest BCUT2D eigenvalue weighted by atomic mass is 16.5. The summed E-state index contributed by atoms with van der Waals surface area (Å²) in [6.07, 6.45) is 0.854. The fourth-order valence-corrected chi connectivity index (χ4v) is 3.55. The molecule has 4 rings (SSSR count). The Hall–Kier alpha value is -3.68. The molecule has 2 heterocycles. The second kappa shape index (κ2) is 9.44. The molecule has 0 aliphatic carbocycles. The summed E-state index contributed by atoms with van der Waals surface area (Å²) in [4.78, 5) is 31.0. The van der Waals surface area contributed by atoms with Gasteiger partial charge in [-0.3, -0.25) is 9.59 Å². The van der Waals surface area contributed by atoms with Gasteiger partial charge in [-0.25, -0.2) is 0 Å². The topological polar surface area (TPSA) is 97.6 Å². The van der Waals surface area contributed by atoms with Gasteiger partial charge in [0.15, 0.2) is 5.82 Å². The predicted octanol–water partition coefficient (Wildman–Crippen LogP) is 4.01. The van der Waals surface area contributed by atoms with E-state index in [2.05, 4.69) is 15.5 Å². The Bertz CT molecular complexity index is 1100. The number of hydrogen-bond acceptors (Lipinski definition) is 6. The van der Waals surface area contributed by atoms with E-state index in [1.807, 2.05) is 75.4 Å². The van der Waals surface area contributed by atoms with E-state index in [9.17, 15) is 9.59 Å². The van der Waals surface area contributed by atoms with Crippen molar-refractivity contribution in [2.45, 2.75) is 51.5 Å². The van der Waals surface area contributed by atoms with Crippen molar-refractivity contribution in [3.63, 3.8) is 0 Å². The summed E-state index contributed by atoms with van der Waals surface area (Å²) < 4.78 is 11.0. The molecule has 1 aromatic heterocycles. The van der Waals surface area contributed by atoms with Gasteiger partial charge in [0.1, 0.15) is 11.5 Å². The molecule has 33 heavy (non-hydrogen) atoms. The number of para-hydroxylation sites is 1. The molecule has 2 amide bonds. The van der Waals surface area contributed by atoms with Crippen molar-refractivity contribution in [2.75, 3.05) is 11.4 Å². The van der Waals surface area contributed by atoms with Crippen molar-refractivity contribution in [3.8, 4) is 11.5 Å². The molecule has 2 aromatic carbocycles. The summed E-state index contributed by atoms with van der Waals surface area (Å²) in [6, 6.07) is 16.6. The van der Waals surface area contributed by atoms with Gasteiger partial charge < -0.3 is 19.5 Å². The first-order valence-corrected chi connectivity index (χ1v) is 11.0. The number of aromatic nitrogens is 2. The van der Waals surface area contributed by atoms with Crippen LogP contribution in [0.1, 0.15) is 45.3 Å². The molecule has 172 valence electrons. The SMILES string of the molecule is CC(C)(C)c1noc(CCC(=O)NC2CC(=O)N(c3ccc(Oc4ccccc4)cc3)C2)n1. The van der Waals surface area contributed by atoms with Gasteiger partial charge in [-0.1, -0.05) is 44.1 Å². The molecule has 0 radical (unpaired) electrons. The van der Waals surface area contributed by atoms with Crippen LogP contribution in [0.2, 0.25) is 0 Å². The van der Waals surface area contributed by atoms with Gasteiger partial charge in [0.2, 0.25) is 17.7 Å². The second-order valence-electron chi connectivity index (χ2n) is 9.14. The molecule has 1 fully saturated rings. The molecular weight excluding hydrogens is 420 g/mol. The quantitative estimate of drug-likeness (QED) is 0.586. The molecule has 8 nitrogen and oxygen atoms in total. The van der Waals surface area contributed by atoms with Crippen LogP contribution in [-0.4, -0.2) is 34.5 Å². The third kappa shape index (κ3) is 5.77. The number of nitrogens with zero attached hydrogens (tertiary/aromatic N) is 3. The molecule has 1 N–H and O–H groups in total. The monoisotopic (exact) mass is 448 g/mol. The maximum Gasteiger partial charge on any atom is 0.229 e. The molecule has 0 saturated carbocycles. The largest absolute Gasteiger partial charge is 0.457 e. The van der Waals surface area contributed by atoms with Crippen molar-refractivity contribution in [1.29, 1.82) is 0 Å². The number of carbonyl (C=O) groups excluding carboxylic acids is 2. The summed E-state index contributed by atoms with van der Waals surface area (Å²) in [7, 11) is 0. The first kappa shape index (κ1) is 22.5. The Kier molecular flexibility index (Phi) is 6.44. The number of anilines is 1. The number of ether oxygens (including phenoxy) is 1. The molecule has 1 atom stereocenters. The fraction of sp³-hybridized carbons (Fsp3) is 0.360. The van der Waals surface area contributed by atoms with Gasteiger partial charge in [0, 0.05) is 36.9 Å². The zero-order valence-electron chi connectivity index (χ0n) is 19.1. The third-order valence-electron chi connectivity index (χ3n) is 5.32. The van der Waals surface area contributed by atoms with E-state index in [0.717, 1.165) is 11.4 Å². The average molecular weight is 449 g/mol. The molecule has 1 saturated heterocycles. The van der Waals surface area contributed by atoms with E-state index in [1.54, 1.807) is 4.90 Å². The average Bonchev–Trinajstić information content (AvgIpc) is 3.40. The number of nitrogens with one attached hydrogen (secondary N) is 1. The highest BCUT2D eigenvalue weighted by Crippen LogP contribution is 2.27. The van der Waals surface area contributed by atoms with Crippen molar-refractivity contribution < 1.29 is 18.8 Å². The van der Waals surface area contributed by atoms with Crippen molar-refractivity contribution in [2.24, 2.45) is 0 Å². The first-order chi connectivity index (χ1) is 15.8. The summed E-state index contributed by atoms with van der Waals surface area (Å²) in [5.74, 6) is 2.34. The van der Waals surface area contributed by atoms with Crippen LogP contribution in [0.4, 0.5) is 5.69 Å². The maximum absolute atomic E-state index is 12.5. The van der Waals surface area contributed by atoms with E-state index in [4.69, 9.17) is 9.26 Å². The van der Waals surface area contributed by atoms with E-state index < -0.39 is 0 Å². The minimum absolute atomic E-state index is 0.0243. The normalized spacial score (nSPS) is 16.2. The Morgan fingerprint density at radius 1 is 1.12 bits per heavy atom. The van der Waals surface area contributed by atoms with Gasteiger partial charge >= 0.3 is 0 Å². The minimum atomic E-state index is -0.238. The third-order valence-corrected chi connectivity index (χ3v) is 5.32. The van der Waals surface area contributed by atoms with Crippen LogP contribution in [0.5, 0.6) is 11.5 Å².